The monoisotopic (exact) mass is 176 g/mol. The van der Waals surface area contributed by atoms with Crippen LogP contribution in [-0.2, 0) is 0 Å². The van der Waals surface area contributed by atoms with Gasteiger partial charge in [-0.25, -0.2) is 0 Å². The van der Waals surface area contributed by atoms with Crippen LogP contribution in [0.15, 0.2) is 24.3 Å². The van der Waals surface area contributed by atoms with Crippen molar-refractivity contribution in [2.24, 2.45) is 0 Å². The van der Waals surface area contributed by atoms with Crippen LogP contribution in [0.3, 0.4) is 0 Å². The van der Waals surface area contributed by atoms with Crippen LogP contribution in [0.2, 0.25) is 0 Å². The zero-order valence-electron chi connectivity index (χ0n) is 7.33. The molecule has 0 heterocycles. The number of phenolic OH excluding ortho intramolecular Hbond substituents is 1. The largest absolute Gasteiger partial charge is 0.507 e. The van der Waals surface area contributed by atoms with Gasteiger partial charge in [-0.3, -0.25) is 0 Å². The van der Waals surface area contributed by atoms with Crippen LogP contribution in [0.25, 0.3) is 0 Å². The van der Waals surface area contributed by atoms with E-state index in [1.54, 1.807) is 18.2 Å². The molecule has 2 nitrogen and oxygen atoms in total. The van der Waals surface area contributed by atoms with Crippen LogP contribution in [0.5, 0.6) is 5.75 Å². The summed E-state index contributed by atoms with van der Waals surface area (Å²) in [6, 6.07) is 6.96. The average Bonchev–Trinajstić information content (AvgIpc) is 2.15. The Kier molecular flexibility index (Phi) is 3.87. The quantitative estimate of drug-likeness (QED) is 0.529. The molecule has 1 aromatic carbocycles. The van der Waals surface area contributed by atoms with Crippen LogP contribution < -0.4 is 0 Å². The predicted molar refractivity (Wildman–Crippen MR) is 51.3 cm³/mol. The highest BCUT2D eigenvalue weighted by Gasteiger charge is 1.92. The van der Waals surface area contributed by atoms with E-state index in [1.165, 1.54) is 0 Å². The summed E-state index contributed by atoms with van der Waals surface area (Å²) in [4.78, 5) is 0. The Balaban J connectivity index is 2.61. The maximum atomic E-state index is 9.32. The summed E-state index contributed by atoms with van der Waals surface area (Å²) in [6.07, 6.45) is 1.34. The summed E-state index contributed by atoms with van der Waals surface area (Å²) in [6.45, 7) is 0.162. The number of benzene rings is 1. The lowest BCUT2D eigenvalue weighted by Gasteiger charge is -1.93. The SMILES string of the molecule is OCCCC#Cc1ccccc1O. The molecule has 2 N–H and O–H groups in total. The number of aliphatic hydroxyl groups excluding tert-OH is 1. The Bertz CT molecular complexity index is 320. The molecule has 1 aromatic rings. The molecule has 0 fully saturated rings. The van der Waals surface area contributed by atoms with E-state index < -0.39 is 0 Å². The van der Waals surface area contributed by atoms with E-state index >= 15 is 0 Å². The molecule has 0 saturated carbocycles. The van der Waals surface area contributed by atoms with Gasteiger partial charge in [-0.15, -0.1) is 0 Å². The van der Waals surface area contributed by atoms with Crippen LogP contribution in [-0.4, -0.2) is 16.8 Å². The molecule has 0 aliphatic rings. The summed E-state index contributed by atoms with van der Waals surface area (Å²) in [7, 11) is 0. The van der Waals surface area contributed by atoms with Crippen molar-refractivity contribution in [3.63, 3.8) is 0 Å². The van der Waals surface area contributed by atoms with Gasteiger partial charge in [0.15, 0.2) is 0 Å². The minimum atomic E-state index is 0.162. The average molecular weight is 176 g/mol. The molecule has 0 aliphatic carbocycles. The van der Waals surface area contributed by atoms with E-state index in [-0.39, 0.29) is 12.4 Å². The third-order valence-corrected chi connectivity index (χ3v) is 1.59. The number of hydrogen-bond acceptors (Lipinski definition) is 2. The standard InChI is InChI=1S/C11H12O2/c12-9-5-1-2-6-10-7-3-4-8-11(10)13/h3-4,7-8,12-13H,1,5,9H2. The van der Waals surface area contributed by atoms with E-state index in [4.69, 9.17) is 5.11 Å². The first-order chi connectivity index (χ1) is 6.34. The van der Waals surface area contributed by atoms with E-state index in [1.807, 2.05) is 6.07 Å². The van der Waals surface area contributed by atoms with E-state index in [2.05, 4.69) is 11.8 Å². The smallest absolute Gasteiger partial charge is 0.131 e. The molecular weight excluding hydrogens is 164 g/mol. The highest BCUT2D eigenvalue weighted by Crippen LogP contribution is 2.13. The number of phenols is 1. The minimum absolute atomic E-state index is 0.162. The van der Waals surface area contributed by atoms with Gasteiger partial charge in [-0.05, 0) is 18.6 Å². The summed E-state index contributed by atoms with van der Waals surface area (Å²) in [5.74, 6) is 5.92. The maximum Gasteiger partial charge on any atom is 0.131 e. The number of rotatable bonds is 2. The molecule has 0 saturated heterocycles. The molecule has 0 aliphatic heterocycles. The first-order valence-electron chi connectivity index (χ1n) is 4.22. The lowest BCUT2D eigenvalue weighted by atomic mass is 10.2. The van der Waals surface area contributed by atoms with Gasteiger partial charge in [0.2, 0.25) is 0 Å². The van der Waals surface area contributed by atoms with Crippen molar-refractivity contribution in [2.75, 3.05) is 6.61 Å². The summed E-state index contributed by atoms with van der Waals surface area (Å²) >= 11 is 0. The molecule has 1 rings (SSSR count). The molecule has 13 heavy (non-hydrogen) atoms. The Labute approximate surface area is 77.8 Å². The molecule has 68 valence electrons. The molecule has 0 unspecified atom stereocenters. The molecule has 0 spiro atoms. The maximum absolute atomic E-state index is 9.32. The van der Waals surface area contributed by atoms with E-state index in [0.29, 0.717) is 18.4 Å². The van der Waals surface area contributed by atoms with Gasteiger partial charge in [0.05, 0.1) is 5.56 Å². The normalized spacial score (nSPS) is 9.00. The van der Waals surface area contributed by atoms with Gasteiger partial charge in [0.25, 0.3) is 0 Å². The fourth-order valence-electron chi connectivity index (χ4n) is 0.905. The van der Waals surface area contributed by atoms with Crippen LogP contribution in [0, 0.1) is 11.8 Å². The van der Waals surface area contributed by atoms with Gasteiger partial charge < -0.3 is 10.2 Å². The second-order valence-corrected chi connectivity index (χ2v) is 2.65. The molecule has 0 amide bonds. The molecule has 0 aromatic heterocycles. The van der Waals surface area contributed by atoms with E-state index in [9.17, 15) is 5.11 Å². The summed E-state index contributed by atoms with van der Waals surface area (Å²) in [5.41, 5.74) is 0.639. The van der Waals surface area contributed by atoms with Crippen molar-refractivity contribution in [1.82, 2.24) is 0 Å². The number of para-hydroxylation sites is 1. The van der Waals surface area contributed by atoms with Crippen LogP contribution >= 0.6 is 0 Å². The lowest BCUT2D eigenvalue weighted by molar-refractivity contribution is 0.290. The third kappa shape index (κ3) is 3.18. The number of aromatic hydroxyl groups is 1. The van der Waals surface area contributed by atoms with Crippen LogP contribution in [0.4, 0.5) is 0 Å². The number of hydrogen-bond donors (Lipinski definition) is 2. The Hall–Kier alpha value is -1.46. The van der Waals surface area contributed by atoms with Gasteiger partial charge in [-0.1, -0.05) is 24.0 Å². The van der Waals surface area contributed by atoms with Crippen LogP contribution in [0.1, 0.15) is 18.4 Å². The van der Waals surface area contributed by atoms with Crippen molar-refractivity contribution >= 4 is 0 Å². The summed E-state index contributed by atoms with van der Waals surface area (Å²) in [5, 5.41) is 17.8. The zero-order valence-corrected chi connectivity index (χ0v) is 7.33. The second-order valence-electron chi connectivity index (χ2n) is 2.65. The molecule has 0 bridgehead atoms. The Morgan fingerprint density at radius 1 is 1.23 bits per heavy atom. The van der Waals surface area contributed by atoms with Gasteiger partial charge in [0.1, 0.15) is 5.75 Å². The highest BCUT2D eigenvalue weighted by molar-refractivity contribution is 5.44. The lowest BCUT2D eigenvalue weighted by Crippen LogP contribution is -1.79. The topological polar surface area (TPSA) is 40.5 Å². The van der Waals surface area contributed by atoms with E-state index in [0.717, 1.165) is 0 Å². The minimum Gasteiger partial charge on any atom is -0.507 e. The third-order valence-electron chi connectivity index (χ3n) is 1.59. The Morgan fingerprint density at radius 2 is 2.00 bits per heavy atom. The van der Waals surface area contributed by atoms with Gasteiger partial charge >= 0.3 is 0 Å². The molecule has 2 heteroatoms. The number of unbranched alkanes of at least 4 members (excludes halogenated alkanes) is 1. The zero-order chi connectivity index (χ0) is 9.52. The first kappa shape index (κ1) is 9.63. The fourth-order valence-corrected chi connectivity index (χ4v) is 0.905. The first-order valence-corrected chi connectivity index (χ1v) is 4.22. The van der Waals surface area contributed by atoms with Crippen molar-refractivity contribution in [3.8, 4) is 17.6 Å². The predicted octanol–water partition coefficient (Wildman–Crippen LogP) is 1.52. The van der Waals surface area contributed by atoms with Crippen molar-refractivity contribution in [3.05, 3.63) is 29.8 Å². The summed E-state index contributed by atoms with van der Waals surface area (Å²) < 4.78 is 0. The van der Waals surface area contributed by atoms with Gasteiger partial charge in [-0.2, -0.15) is 0 Å². The number of aliphatic hydroxyl groups is 1. The van der Waals surface area contributed by atoms with Crippen molar-refractivity contribution in [2.45, 2.75) is 12.8 Å². The van der Waals surface area contributed by atoms with Crippen molar-refractivity contribution in [1.29, 1.82) is 0 Å². The molecule has 0 atom stereocenters. The molecule has 0 radical (unpaired) electrons. The fraction of sp³-hybridized carbons (Fsp3) is 0.273. The Morgan fingerprint density at radius 3 is 2.69 bits per heavy atom. The van der Waals surface area contributed by atoms with Crippen molar-refractivity contribution < 1.29 is 10.2 Å². The highest BCUT2D eigenvalue weighted by atomic mass is 16.3. The van der Waals surface area contributed by atoms with Gasteiger partial charge in [0, 0.05) is 13.0 Å². The second kappa shape index (κ2) is 5.23. The molecular formula is C11H12O2.